The van der Waals surface area contributed by atoms with Crippen LogP contribution in [0.4, 0.5) is 0 Å². The van der Waals surface area contributed by atoms with E-state index in [-0.39, 0.29) is 18.1 Å². The number of oxime groups is 1. The molecule has 1 heterocycles. The van der Waals surface area contributed by atoms with Crippen molar-refractivity contribution in [3.8, 4) is 0 Å². The summed E-state index contributed by atoms with van der Waals surface area (Å²) >= 11 is 0. The molecule has 166 valence electrons. The Labute approximate surface area is 189 Å². The van der Waals surface area contributed by atoms with Crippen LogP contribution in [0.3, 0.4) is 0 Å². The lowest BCUT2D eigenvalue weighted by molar-refractivity contribution is 0.00510. The summed E-state index contributed by atoms with van der Waals surface area (Å²) in [6.45, 7) is 1.97. The summed E-state index contributed by atoms with van der Waals surface area (Å²) in [5.41, 5.74) is 4.91. The Morgan fingerprint density at radius 1 is 0.969 bits per heavy atom. The summed E-state index contributed by atoms with van der Waals surface area (Å²) in [5, 5.41) is 8.92. The molecule has 32 heavy (non-hydrogen) atoms. The number of fused-ring (bicyclic) bond motifs is 1. The van der Waals surface area contributed by atoms with Crippen molar-refractivity contribution in [2.75, 3.05) is 0 Å². The van der Waals surface area contributed by atoms with Gasteiger partial charge in [0.25, 0.3) is 5.91 Å². The molecule has 0 atom stereocenters. The fourth-order valence-electron chi connectivity index (χ4n) is 4.92. The topological polar surface area (TPSA) is 66.5 Å². The molecule has 5 nitrogen and oxygen atoms in total. The molecule has 5 heteroatoms. The van der Waals surface area contributed by atoms with E-state index < -0.39 is 0 Å². The SMILES string of the molecule is Cc1[nH]c2ccccc2c1C(=O)N[C@H]1CC[C@H](/C(=N\OC2CCC2)c2ccccc2)CC1. The van der Waals surface area contributed by atoms with E-state index in [0.717, 1.165) is 72.0 Å². The summed E-state index contributed by atoms with van der Waals surface area (Å²) in [4.78, 5) is 22.3. The van der Waals surface area contributed by atoms with E-state index in [1.165, 1.54) is 6.42 Å². The molecular weight excluding hydrogens is 398 g/mol. The lowest BCUT2D eigenvalue weighted by atomic mass is 9.81. The fourth-order valence-corrected chi connectivity index (χ4v) is 4.92. The van der Waals surface area contributed by atoms with E-state index in [2.05, 4.69) is 39.7 Å². The van der Waals surface area contributed by atoms with Gasteiger partial charge >= 0.3 is 0 Å². The third-order valence-corrected chi connectivity index (χ3v) is 6.99. The van der Waals surface area contributed by atoms with Crippen LogP contribution in [0.5, 0.6) is 0 Å². The van der Waals surface area contributed by atoms with E-state index in [4.69, 9.17) is 4.84 Å². The number of aromatic nitrogens is 1. The van der Waals surface area contributed by atoms with Crippen LogP contribution >= 0.6 is 0 Å². The molecule has 0 radical (unpaired) electrons. The first-order valence-electron chi connectivity index (χ1n) is 11.9. The van der Waals surface area contributed by atoms with E-state index in [1.54, 1.807) is 0 Å². The largest absolute Gasteiger partial charge is 0.392 e. The van der Waals surface area contributed by atoms with Crippen molar-refractivity contribution < 1.29 is 9.63 Å². The zero-order valence-electron chi connectivity index (χ0n) is 18.6. The van der Waals surface area contributed by atoms with Gasteiger partial charge in [-0.25, -0.2) is 0 Å². The van der Waals surface area contributed by atoms with Gasteiger partial charge in [0.1, 0.15) is 6.10 Å². The first kappa shape index (κ1) is 20.8. The smallest absolute Gasteiger partial charge is 0.253 e. The van der Waals surface area contributed by atoms with Crippen LogP contribution in [-0.2, 0) is 4.84 Å². The third kappa shape index (κ3) is 4.29. The van der Waals surface area contributed by atoms with E-state index >= 15 is 0 Å². The molecule has 2 aromatic carbocycles. The van der Waals surface area contributed by atoms with Crippen LogP contribution in [0.25, 0.3) is 10.9 Å². The normalized spacial score (nSPS) is 21.8. The molecule has 0 spiro atoms. The Kier molecular flexibility index (Phi) is 5.97. The van der Waals surface area contributed by atoms with Gasteiger partial charge in [-0.1, -0.05) is 53.7 Å². The van der Waals surface area contributed by atoms with Gasteiger partial charge in [-0.3, -0.25) is 4.79 Å². The highest BCUT2D eigenvalue weighted by molar-refractivity contribution is 6.08. The van der Waals surface area contributed by atoms with Gasteiger partial charge in [-0.05, 0) is 63.5 Å². The highest BCUT2D eigenvalue weighted by Crippen LogP contribution is 2.30. The highest BCUT2D eigenvalue weighted by Gasteiger charge is 2.29. The van der Waals surface area contributed by atoms with Crippen LogP contribution in [0.1, 0.15) is 66.6 Å². The number of H-pyrrole nitrogens is 1. The van der Waals surface area contributed by atoms with Gasteiger partial charge in [-0.15, -0.1) is 0 Å². The molecule has 2 aliphatic carbocycles. The molecule has 2 aliphatic rings. The Morgan fingerprint density at radius 3 is 2.41 bits per heavy atom. The molecule has 3 aromatic rings. The molecular formula is C27H31N3O2. The van der Waals surface area contributed by atoms with E-state index in [0.29, 0.717) is 5.92 Å². The van der Waals surface area contributed by atoms with Gasteiger partial charge in [0.2, 0.25) is 0 Å². The molecule has 0 saturated heterocycles. The summed E-state index contributed by atoms with van der Waals surface area (Å²) < 4.78 is 0. The number of hydrogen-bond donors (Lipinski definition) is 2. The van der Waals surface area contributed by atoms with E-state index in [9.17, 15) is 4.79 Å². The average molecular weight is 430 g/mol. The molecule has 0 aliphatic heterocycles. The minimum atomic E-state index is 0.0219. The molecule has 1 aromatic heterocycles. The average Bonchev–Trinajstić information content (AvgIpc) is 3.12. The second kappa shape index (κ2) is 9.19. The minimum absolute atomic E-state index is 0.0219. The number of para-hydroxylation sites is 1. The lowest BCUT2D eigenvalue weighted by Crippen LogP contribution is -2.39. The zero-order valence-corrected chi connectivity index (χ0v) is 18.6. The number of carbonyl (C=O) groups is 1. The molecule has 0 unspecified atom stereocenters. The number of carbonyl (C=O) groups excluding carboxylic acids is 1. The van der Waals surface area contributed by atoms with Crippen molar-refractivity contribution in [1.82, 2.24) is 10.3 Å². The van der Waals surface area contributed by atoms with Gasteiger partial charge in [0, 0.05) is 28.6 Å². The number of hydrogen-bond acceptors (Lipinski definition) is 3. The lowest BCUT2D eigenvalue weighted by Gasteiger charge is -2.30. The van der Waals surface area contributed by atoms with Crippen molar-refractivity contribution in [3.05, 3.63) is 71.4 Å². The summed E-state index contributed by atoms with van der Waals surface area (Å²) in [6.07, 6.45) is 7.64. The maximum absolute atomic E-state index is 13.1. The Morgan fingerprint density at radius 2 is 1.69 bits per heavy atom. The van der Waals surface area contributed by atoms with Crippen LogP contribution in [0.15, 0.2) is 59.8 Å². The first-order valence-corrected chi connectivity index (χ1v) is 11.9. The molecule has 1 amide bonds. The van der Waals surface area contributed by atoms with Crippen molar-refractivity contribution in [3.63, 3.8) is 0 Å². The third-order valence-electron chi connectivity index (χ3n) is 6.99. The molecule has 2 fully saturated rings. The first-order chi connectivity index (χ1) is 15.7. The van der Waals surface area contributed by atoms with Crippen LogP contribution in [0.2, 0.25) is 0 Å². The number of rotatable bonds is 6. The second-order valence-electron chi connectivity index (χ2n) is 9.19. The standard InChI is InChI=1S/C27H31N3O2/c1-18-25(23-12-5-6-13-24(23)28-18)27(31)29-21-16-14-20(15-17-21)26(19-8-3-2-4-9-19)30-32-22-10-7-11-22/h2-6,8-9,12-13,20-22,28H,7,10-11,14-17H2,1H3,(H,29,31)/b30-26-/t20-,21-. The van der Waals surface area contributed by atoms with Gasteiger partial charge < -0.3 is 15.1 Å². The number of nitrogens with one attached hydrogen (secondary N) is 2. The Hall–Kier alpha value is -3.08. The maximum atomic E-state index is 13.1. The van der Waals surface area contributed by atoms with Crippen molar-refractivity contribution in [2.45, 2.75) is 64.0 Å². The van der Waals surface area contributed by atoms with Crippen molar-refractivity contribution in [1.29, 1.82) is 0 Å². The second-order valence-corrected chi connectivity index (χ2v) is 9.19. The molecule has 0 bridgehead atoms. The fraction of sp³-hybridized carbons (Fsp3) is 0.407. The quantitative estimate of drug-likeness (QED) is 0.388. The summed E-state index contributed by atoms with van der Waals surface area (Å²) in [7, 11) is 0. The van der Waals surface area contributed by atoms with Crippen LogP contribution in [-0.4, -0.2) is 28.7 Å². The molecule has 2 saturated carbocycles. The van der Waals surface area contributed by atoms with Gasteiger partial charge in [-0.2, -0.15) is 0 Å². The van der Waals surface area contributed by atoms with Crippen molar-refractivity contribution >= 4 is 22.5 Å². The molecule has 2 N–H and O–H groups in total. The number of amides is 1. The van der Waals surface area contributed by atoms with Crippen molar-refractivity contribution in [2.24, 2.45) is 11.1 Å². The van der Waals surface area contributed by atoms with Crippen LogP contribution < -0.4 is 5.32 Å². The maximum Gasteiger partial charge on any atom is 0.253 e. The number of aryl methyl sites for hydroxylation is 1. The zero-order chi connectivity index (χ0) is 21.9. The molecule has 5 rings (SSSR count). The number of benzene rings is 2. The predicted molar refractivity (Wildman–Crippen MR) is 128 cm³/mol. The number of aromatic amines is 1. The monoisotopic (exact) mass is 429 g/mol. The summed E-state index contributed by atoms with van der Waals surface area (Å²) in [6, 6.07) is 18.6. The Bertz CT molecular complexity index is 1110. The number of nitrogens with zero attached hydrogens (tertiary/aromatic N) is 1. The highest BCUT2D eigenvalue weighted by atomic mass is 16.6. The summed E-state index contributed by atoms with van der Waals surface area (Å²) in [5.74, 6) is 0.383. The predicted octanol–water partition coefficient (Wildman–Crippen LogP) is 5.74. The minimum Gasteiger partial charge on any atom is -0.392 e. The van der Waals surface area contributed by atoms with E-state index in [1.807, 2.05) is 37.3 Å². The van der Waals surface area contributed by atoms with Gasteiger partial charge in [0.05, 0.1) is 11.3 Å². The van der Waals surface area contributed by atoms with Gasteiger partial charge in [0.15, 0.2) is 0 Å². The Balaban J connectivity index is 1.25. The van der Waals surface area contributed by atoms with Crippen LogP contribution in [0, 0.1) is 12.8 Å².